The van der Waals surface area contributed by atoms with Gasteiger partial charge in [0.05, 0.1) is 13.2 Å². The average Bonchev–Trinajstić information content (AvgIpc) is 1.93. The number of hydrogen-bond acceptors (Lipinski definition) is 3. The number of rotatable bonds is 0. The van der Waals surface area contributed by atoms with Crippen LogP contribution in [0.4, 0.5) is 0 Å². The summed E-state index contributed by atoms with van der Waals surface area (Å²) in [7, 11) is 3.67. The lowest BCUT2D eigenvalue weighted by molar-refractivity contribution is 0.109. The average molecular weight is 151 g/mol. The van der Waals surface area contributed by atoms with E-state index in [-0.39, 0.29) is 0 Å². The highest BCUT2D eigenvalue weighted by Crippen LogP contribution is 1.76. The minimum atomic E-state index is 0.889. The van der Waals surface area contributed by atoms with Crippen molar-refractivity contribution >= 4 is 9.47 Å². The molecule has 1 fully saturated rings. The highest BCUT2D eigenvalue weighted by Gasteiger charge is 1.92. The third-order valence-electron chi connectivity index (χ3n) is 0.846. The van der Waals surface area contributed by atoms with Gasteiger partial charge in [-0.05, 0) is 9.47 Å². The Labute approximate surface area is 58.4 Å². The van der Waals surface area contributed by atoms with Gasteiger partial charge in [0, 0.05) is 20.2 Å². The topological polar surface area (TPSA) is 30.5 Å². The lowest BCUT2D eigenvalue weighted by Gasteiger charge is -2.10. The van der Waals surface area contributed by atoms with Crippen molar-refractivity contribution in [3.8, 4) is 0 Å². The number of morpholine rings is 1. The quantitative estimate of drug-likeness (QED) is 0.495. The van der Waals surface area contributed by atoms with Crippen LogP contribution < -0.4 is 5.32 Å². The molecule has 0 bridgehead atoms. The van der Waals surface area contributed by atoms with Gasteiger partial charge in [-0.25, -0.2) is 0 Å². The molecule has 0 radical (unpaired) electrons. The zero-order chi connectivity index (χ0) is 6.95. The van der Waals surface area contributed by atoms with Crippen LogP contribution in [0.25, 0.3) is 0 Å². The highest BCUT2D eigenvalue weighted by atomic mass is 31.0. The van der Waals surface area contributed by atoms with E-state index >= 15 is 0 Å². The summed E-state index contributed by atoms with van der Waals surface area (Å²) in [6.07, 6.45) is 0. The van der Waals surface area contributed by atoms with Gasteiger partial charge in [0.15, 0.2) is 0 Å². The van der Waals surface area contributed by atoms with Crippen molar-refractivity contribution in [2.75, 3.05) is 33.4 Å². The van der Waals surface area contributed by atoms with E-state index in [0.29, 0.717) is 0 Å². The predicted molar refractivity (Wildman–Crippen MR) is 40.4 cm³/mol. The van der Waals surface area contributed by atoms with Crippen LogP contribution >= 0.6 is 9.47 Å². The summed E-state index contributed by atoms with van der Waals surface area (Å²) in [4.78, 5) is 0. The van der Waals surface area contributed by atoms with Crippen molar-refractivity contribution in [3.63, 3.8) is 0 Å². The van der Waals surface area contributed by atoms with Gasteiger partial charge in [-0.1, -0.05) is 0 Å². The van der Waals surface area contributed by atoms with Crippen LogP contribution in [0.1, 0.15) is 0 Å². The summed E-state index contributed by atoms with van der Waals surface area (Å²) in [6.45, 7) is 3.83. The number of ether oxygens (including phenoxy) is 1. The van der Waals surface area contributed by atoms with Crippen LogP contribution in [0.15, 0.2) is 0 Å². The standard InChI is InChI=1S/C4H9NO.CH5OP/c1-3-6-4-2-5-1;1-2-3/h5H,1-4H2;3H2,1H3. The second-order valence-corrected chi connectivity index (χ2v) is 2.07. The molecule has 9 heavy (non-hydrogen) atoms. The normalized spacial score (nSPS) is 18.0. The largest absolute Gasteiger partial charge is 0.379 e. The fourth-order valence-corrected chi connectivity index (χ4v) is 0.516. The summed E-state index contributed by atoms with van der Waals surface area (Å²) >= 11 is 0. The van der Waals surface area contributed by atoms with E-state index in [2.05, 4.69) is 19.3 Å². The van der Waals surface area contributed by atoms with Crippen molar-refractivity contribution in [2.24, 2.45) is 0 Å². The molecule has 1 atom stereocenters. The van der Waals surface area contributed by atoms with Gasteiger partial charge in [0.1, 0.15) is 0 Å². The first-order chi connectivity index (χ1) is 4.41. The van der Waals surface area contributed by atoms with Gasteiger partial charge in [-0.2, -0.15) is 0 Å². The third-order valence-corrected chi connectivity index (χ3v) is 0.846. The molecule has 1 N–H and O–H groups in total. The zero-order valence-corrected chi connectivity index (χ0v) is 6.88. The second-order valence-electron chi connectivity index (χ2n) is 1.60. The van der Waals surface area contributed by atoms with Crippen LogP contribution in [-0.2, 0) is 9.26 Å². The lowest BCUT2D eigenvalue weighted by Crippen LogP contribution is -2.30. The van der Waals surface area contributed by atoms with Gasteiger partial charge >= 0.3 is 0 Å². The van der Waals surface area contributed by atoms with Crippen LogP contribution in [0.5, 0.6) is 0 Å². The van der Waals surface area contributed by atoms with E-state index in [1.807, 2.05) is 0 Å². The number of nitrogens with one attached hydrogen (secondary N) is 1. The van der Waals surface area contributed by atoms with Crippen molar-refractivity contribution in [1.29, 1.82) is 0 Å². The van der Waals surface area contributed by atoms with Crippen LogP contribution in [0.2, 0.25) is 0 Å². The van der Waals surface area contributed by atoms with Gasteiger partial charge in [0.25, 0.3) is 0 Å². The molecule has 56 valence electrons. The van der Waals surface area contributed by atoms with Gasteiger partial charge < -0.3 is 14.6 Å². The molecular weight excluding hydrogens is 137 g/mol. The first-order valence-corrected chi connectivity index (χ1v) is 3.40. The molecule has 0 aromatic carbocycles. The molecule has 0 amide bonds. The van der Waals surface area contributed by atoms with E-state index < -0.39 is 0 Å². The van der Waals surface area contributed by atoms with Gasteiger partial charge in [0.2, 0.25) is 0 Å². The van der Waals surface area contributed by atoms with E-state index in [0.717, 1.165) is 26.3 Å². The molecule has 0 aromatic heterocycles. The molecule has 0 spiro atoms. The Morgan fingerprint density at radius 3 is 2.00 bits per heavy atom. The Hall–Kier alpha value is 0.310. The molecule has 0 aliphatic carbocycles. The first-order valence-electron chi connectivity index (χ1n) is 2.93. The Balaban J connectivity index is 0.000000187. The SMILES string of the molecule is C1COCCN1.COP. The zero-order valence-electron chi connectivity index (χ0n) is 5.72. The van der Waals surface area contributed by atoms with Crippen LogP contribution in [-0.4, -0.2) is 33.4 Å². The van der Waals surface area contributed by atoms with Crippen molar-refractivity contribution in [1.82, 2.24) is 5.32 Å². The Morgan fingerprint density at radius 2 is 1.89 bits per heavy atom. The van der Waals surface area contributed by atoms with Crippen molar-refractivity contribution in [2.45, 2.75) is 0 Å². The Bertz CT molecular complexity index is 38.7. The summed E-state index contributed by atoms with van der Waals surface area (Å²) in [5, 5.41) is 3.16. The first kappa shape index (κ1) is 9.31. The predicted octanol–water partition coefficient (Wildman–Crippen LogP) is 0.0291. The summed E-state index contributed by atoms with van der Waals surface area (Å²) in [6, 6.07) is 0. The summed E-state index contributed by atoms with van der Waals surface area (Å²) < 4.78 is 9.17. The fourth-order valence-electron chi connectivity index (χ4n) is 0.516. The molecule has 1 saturated heterocycles. The molecule has 1 rings (SSSR count). The van der Waals surface area contributed by atoms with Gasteiger partial charge in [-0.3, -0.25) is 0 Å². The molecular formula is C5H14NO2P. The molecule has 1 unspecified atom stereocenters. The highest BCUT2D eigenvalue weighted by molar-refractivity contribution is 7.09. The maximum atomic E-state index is 5.01. The monoisotopic (exact) mass is 151 g/mol. The minimum Gasteiger partial charge on any atom is -0.379 e. The van der Waals surface area contributed by atoms with Crippen molar-refractivity contribution in [3.05, 3.63) is 0 Å². The minimum absolute atomic E-state index is 0.889. The smallest absolute Gasteiger partial charge is 0.0591 e. The number of hydrogen-bond donors (Lipinski definition) is 1. The summed E-state index contributed by atoms with van der Waals surface area (Å²) in [5.74, 6) is 0. The molecule has 4 heteroatoms. The second kappa shape index (κ2) is 8.31. The maximum absolute atomic E-state index is 5.01. The fraction of sp³-hybridized carbons (Fsp3) is 1.00. The Morgan fingerprint density at radius 1 is 1.44 bits per heavy atom. The van der Waals surface area contributed by atoms with E-state index in [1.165, 1.54) is 0 Å². The van der Waals surface area contributed by atoms with Crippen molar-refractivity contribution < 1.29 is 9.26 Å². The molecule has 0 aromatic rings. The van der Waals surface area contributed by atoms with E-state index in [4.69, 9.17) is 4.74 Å². The van der Waals surface area contributed by atoms with E-state index in [1.54, 1.807) is 7.11 Å². The summed E-state index contributed by atoms with van der Waals surface area (Å²) in [5.41, 5.74) is 0. The van der Waals surface area contributed by atoms with Gasteiger partial charge in [-0.15, -0.1) is 0 Å². The Kier molecular flexibility index (Phi) is 8.60. The molecule has 1 heterocycles. The molecule has 1 aliphatic heterocycles. The molecule has 3 nitrogen and oxygen atoms in total. The lowest BCUT2D eigenvalue weighted by atomic mass is 10.5. The van der Waals surface area contributed by atoms with E-state index in [9.17, 15) is 0 Å². The third kappa shape index (κ3) is 8.31. The molecule has 1 aliphatic rings. The molecule has 0 saturated carbocycles. The maximum Gasteiger partial charge on any atom is 0.0591 e. The van der Waals surface area contributed by atoms with Crippen LogP contribution in [0, 0.1) is 0 Å². The van der Waals surface area contributed by atoms with Crippen LogP contribution in [0.3, 0.4) is 0 Å².